The third-order valence-electron chi connectivity index (χ3n) is 7.24. The van der Waals surface area contributed by atoms with Gasteiger partial charge in [0.25, 0.3) is 0 Å². The second-order valence-electron chi connectivity index (χ2n) is 10.2. The lowest BCUT2D eigenvalue weighted by Gasteiger charge is -2.29. The van der Waals surface area contributed by atoms with Crippen molar-refractivity contribution in [2.75, 3.05) is 18.8 Å². The van der Waals surface area contributed by atoms with Crippen molar-refractivity contribution in [2.45, 2.75) is 122 Å². The highest BCUT2D eigenvalue weighted by Crippen LogP contribution is 2.38. The van der Waals surface area contributed by atoms with Crippen LogP contribution in [0.5, 0.6) is 0 Å². The summed E-state index contributed by atoms with van der Waals surface area (Å²) in [6.07, 6.45) is 19.3. The molecule has 1 saturated heterocycles. The molecule has 1 heterocycles. The van der Waals surface area contributed by atoms with Crippen LogP contribution in [0.25, 0.3) is 0 Å². The van der Waals surface area contributed by atoms with Crippen LogP contribution in [0.1, 0.15) is 110 Å². The Morgan fingerprint density at radius 3 is 2.64 bits per heavy atom. The summed E-state index contributed by atoms with van der Waals surface area (Å²) < 4.78 is 17.2. The van der Waals surface area contributed by atoms with Gasteiger partial charge in [0.15, 0.2) is 6.29 Å². The van der Waals surface area contributed by atoms with Crippen LogP contribution >= 0.6 is 11.8 Å². The number of rotatable bonds is 19. The molecule has 1 aliphatic heterocycles. The molecule has 6 nitrogen and oxygen atoms in total. The van der Waals surface area contributed by atoms with Gasteiger partial charge >= 0.3 is 5.97 Å². The van der Waals surface area contributed by atoms with Crippen LogP contribution in [0.2, 0.25) is 0 Å². The van der Waals surface area contributed by atoms with E-state index in [0.29, 0.717) is 56.9 Å². The van der Waals surface area contributed by atoms with Gasteiger partial charge in [0.05, 0.1) is 6.10 Å². The van der Waals surface area contributed by atoms with E-state index in [1.54, 1.807) is 0 Å². The van der Waals surface area contributed by atoms with E-state index >= 15 is 0 Å². The van der Waals surface area contributed by atoms with Crippen LogP contribution in [0, 0.1) is 11.8 Å². The Hall–Kier alpha value is -1.18. The van der Waals surface area contributed by atoms with Crippen molar-refractivity contribution in [1.29, 1.82) is 0 Å². The van der Waals surface area contributed by atoms with Gasteiger partial charge in [-0.25, -0.2) is 0 Å². The fourth-order valence-electron chi connectivity index (χ4n) is 5.15. The zero-order valence-corrected chi connectivity index (χ0v) is 23.4. The number of ether oxygens (including phenoxy) is 3. The van der Waals surface area contributed by atoms with E-state index in [1.807, 2.05) is 6.26 Å². The molecule has 0 aromatic carbocycles. The molecule has 0 spiro atoms. The summed E-state index contributed by atoms with van der Waals surface area (Å²) in [7, 11) is 0. The van der Waals surface area contributed by atoms with Gasteiger partial charge in [-0.2, -0.15) is 0 Å². The summed E-state index contributed by atoms with van der Waals surface area (Å²) in [4.78, 5) is 37.1. The number of ketones is 2. The smallest absolute Gasteiger partial charge is 0.306 e. The number of carbonyl (C=O) groups excluding carboxylic acids is 3. The summed E-state index contributed by atoms with van der Waals surface area (Å²) in [6.45, 7) is 2.91. The lowest BCUT2D eigenvalue weighted by molar-refractivity contribution is -0.196. The number of carbonyl (C=O) groups is 3. The van der Waals surface area contributed by atoms with Crippen molar-refractivity contribution in [3.05, 3.63) is 12.2 Å². The first-order valence-electron chi connectivity index (χ1n) is 14.2. The maximum absolute atomic E-state index is 13.0. The third-order valence-corrected chi connectivity index (χ3v) is 7.59. The van der Waals surface area contributed by atoms with Gasteiger partial charge < -0.3 is 14.2 Å². The average Bonchev–Trinajstić information content (AvgIpc) is 3.17. The first-order chi connectivity index (χ1) is 17.5. The molecule has 7 heteroatoms. The monoisotopic (exact) mass is 524 g/mol. The Morgan fingerprint density at radius 2 is 1.89 bits per heavy atom. The van der Waals surface area contributed by atoms with Gasteiger partial charge in [-0.05, 0) is 63.5 Å². The Morgan fingerprint density at radius 1 is 1.06 bits per heavy atom. The predicted molar refractivity (Wildman–Crippen MR) is 145 cm³/mol. The fraction of sp³-hybridized carbons (Fsp3) is 0.828. The van der Waals surface area contributed by atoms with E-state index < -0.39 is 0 Å². The van der Waals surface area contributed by atoms with Crippen molar-refractivity contribution in [2.24, 2.45) is 11.8 Å². The molecule has 206 valence electrons. The Balaban J connectivity index is 1.84. The van der Waals surface area contributed by atoms with E-state index in [4.69, 9.17) is 14.2 Å². The topological polar surface area (TPSA) is 78.9 Å². The molecule has 1 aliphatic carbocycles. The second kappa shape index (κ2) is 19.0. The van der Waals surface area contributed by atoms with E-state index in [0.717, 1.165) is 44.9 Å². The molecule has 0 aromatic heterocycles. The van der Waals surface area contributed by atoms with Crippen LogP contribution in [-0.2, 0) is 28.6 Å². The van der Waals surface area contributed by atoms with Crippen LogP contribution in [0.4, 0.5) is 0 Å². The molecular formula is C29H48O6S. The quantitative estimate of drug-likeness (QED) is 0.0796. The standard InChI is InChI=1S/C29H48O6S/c1-3-4-5-6-9-14-23(30)18-19-25-24(15-10-7-8-11-16-28(32)34-22-36-2)26(31)21-27(25)35-29-17-12-13-20-33-29/h7,10,24-25,27,29H,3-6,8-9,11-22H2,1-2H3/b10-7-/t24-,25-,27-,29?/m1/s1. The molecule has 2 aliphatic rings. The molecule has 0 radical (unpaired) electrons. The summed E-state index contributed by atoms with van der Waals surface area (Å²) in [6, 6.07) is 0. The predicted octanol–water partition coefficient (Wildman–Crippen LogP) is 6.79. The second-order valence-corrected chi connectivity index (χ2v) is 11.0. The van der Waals surface area contributed by atoms with E-state index in [-0.39, 0.29) is 36.0 Å². The van der Waals surface area contributed by atoms with Crippen LogP contribution in [0.3, 0.4) is 0 Å². The number of unbranched alkanes of at least 4 members (excludes halogenated alkanes) is 5. The minimum Gasteiger partial charge on any atom is -0.455 e. The van der Waals surface area contributed by atoms with Gasteiger partial charge in [-0.15, -0.1) is 11.8 Å². The molecule has 0 bridgehead atoms. The Kier molecular flexibility index (Phi) is 16.4. The van der Waals surface area contributed by atoms with Gasteiger partial charge in [-0.1, -0.05) is 44.8 Å². The van der Waals surface area contributed by atoms with Gasteiger partial charge in [0, 0.05) is 38.2 Å². The molecular weight excluding hydrogens is 476 g/mol. The molecule has 0 N–H and O–H groups in total. The highest BCUT2D eigenvalue weighted by atomic mass is 32.2. The minimum absolute atomic E-state index is 0.0539. The van der Waals surface area contributed by atoms with Crippen LogP contribution in [-0.4, -0.2) is 48.7 Å². The maximum Gasteiger partial charge on any atom is 0.306 e. The highest BCUT2D eigenvalue weighted by molar-refractivity contribution is 7.98. The van der Waals surface area contributed by atoms with Crippen molar-refractivity contribution in [1.82, 2.24) is 0 Å². The molecule has 0 aromatic rings. The summed E-state index contributed by atoms with van der Waals surface area (Å²) >= 11 is 1.49. The van der Waals surface area contributed by atoms with Gasteiger partial charge in [0.1, 0.15) is 17.5 Å². The Labute approximate surface area is 222 Å². The fourth-order valence-corrected chi connectivity index (χ4v) is 5.40. The lowest BCUT2D eigenvalue weighted by Crippen LogP contribution is -2.31. The third kappa shape index (κ3) is 12.4. The normalized spacial score (nSPS) is 24.4. The number of hydrogen-bond donors (Lipinski definition) is 0. The van der Waals surface area contributed by atoms with Crippen LogP contribution in [0.15, 0.2) is 12.2 Å². The maximum atomic E-state index is 13.0. The SMILES string of the molecule is CCCCCCCC(=O)CC[C@H]1[C@H](OC2CCCCO2)CC(=O)[C@@H]1C/C=C\CCCC(=O)OCSC. The molecule has 2 rings (SSSR count). The van der Waals surface area contributed by atoms with Gasteiger partial charge in [0.2, 0.25) is 0 Å². The first kappa shape index (κ1) is 31.0. The zero-order chi connectivity index (χ0) is 26.0. The number of esters is 1. The number of thioether (sulfide) groups is 1. The molecule has 2 fully saturated rings. The van der Waals surface area contributed by atoms with E-state index in [2.05, 4.69) is 19.1 Å². The molecule has 0 amide bonds. The van der Waals surface area contributed by atoms with E-state index in [9.17, 15) is 14.4 Å². The lowest BCUT2D eigenvalue weighted by atomic mass is 9.86. The van der Waals surface area contributed by atoms with Crippen molar-refractivity contribution in [3.63, 3.8) is 0 Å². The minimum atomic E-state index is -0.228. The molecule has 1 saturated carbocycles. The molecule has 1 unspecified atom stereocenters. The van der Waals surface area contributed by atoms with Gasteiger partial charge in [-0.3, -0.25) is 14.4 Å². The number of Topliss-reactive ketones (excluding diaryl/α,β-unsaturated/α-hetero) is 2. The summed E-state index contributed by atoms with van der Waals surface area (Å²) in [5, 5.41) is 0. The number of hydrogen-bond acceptors (Lipinski definition) is 7. The average molecular weight is 525 g/mol. The number of allylic oxidation sites excluding steroid dienone is 2. The molecule has 4 atom stereocenters. The highest BCUT2D eigenvalue weighted by Gasteiger charge is 2.43. The zero-order valence-electron chi connectivity index (χ0n) is 22.5. The largest absolute Gasteiger partial charge is 0.455 e. The first-order valence-corrected chi connectivity index (χ1v) is 15.6. The Bertz CT molecular complexity index is 673. The van der Waals surface area contributed by atoms with Crippen molar-refractivity contribution in [3.8, 4) is 0 Å². The summed E-state index contributed by atoms with van der Waals surface area (Å²) in [5.41, 5.74) is 0. The van der Waals surface area contributed by atoms with Crippen molar-refractivity contribution < 1.29 is 28.6 Å². The molecule has 36 heavy (non-hydrogen) atoms. The summed E-state index contributed by atoms with van der Waals surface area (Å²) in [5.74, 6) is 0.719. The van der Waals surface area contributed by atoms with Crippen LogP contribution < -0.4 is 0 Å². The van der Waals surface area contributed by atoms with Crippen molar-refractivity contribution >= 4 is 29.3 Å². The van der Waals surface area contributed by atoms with E-state index in [1.165, 1.54) is 31.0 Å².